The van der Waals surface area contributed by atoms with Crippen LogP contribution in [0.3, 0.4) is 0 Å². The van der Waals surface area contributed by atoms with Gasteiger partial charge in [-0.25, -0.2) is 0 Å². The molecule has 0 saturated carbocycles. The summed E-state index contributed by atoms with van der Waals surface area (Å²) < 4.78 is 37.6. The third-order valence-electron chi connectivity index (χ3n) is 2.81. The van der Waals surface area contributed by atoms with E-state index in [2.05, 4.69) is 0 Å². The van der Waals surface area contributed by atoms with Gasteiger partial charge in [-0.1, -0.05) is 0 Å². The quantitative estimate of drug-likeness (QED) is 0.727. The maximum atomic E-state index is 12.5. The molecule has 7 heteroatoms. The first-order chi connectivity index (χ1) is 7.40. The Morgan fingerprint density at radius 2 is 2.06 bits per heavy atom. The number of carbonyl (C=O) groups excluding carboxylic acids is 1. The van der Waals surface area contributed by atoms with Crippen molar-refractivity contribution < 1.29 is 23.1 Å². The van der Waals surface area contributed by atoms with Gasteiger partial charge in [0.05, 0.1) is 5.92 Å². The van der Waals surface area contributed by atoms with Crippen molar-refractivity contribution >= 4 is 5.91 Å². The topological polar surface area (TPSA) is 66.6 Å². The summed E-state index contributed by atoms with van der Waals surface area (Å²) in [4.78, 5) is 12.5. The molecule has 1 aliphatic rings. The molecular formula is C9H15F3N2O2. The second-order valence-electron chi connectivity index (χ2n) is 3.93. The lowest BCUT2D eigenvalue weighted by molar-refractivity contribution is -0.183. The highest BCUT2D eigenvalue weighted by molar-refractivity contribution is 5.76. The van der Waals surface area contributed by atoms with E-state index >= 15 is 0 Å². The zero-order valence-electron chi connectivity index (χ0n) is 8.70. The van der Waals surface area contributed by atoms with E-state index in [1.807, 2.05) is 0 Å². The summed E-state index contributed by atoms with van der Waals surface area (Å²) >= 11 is 0. The van der Waals surface area contributed by atoms with Crippen molar-refractivity contribution in [2.45, 2.75) is 12.6 Å². The summed E-state index contributed by atoms with van der Waals surface area (Å²) in [6, 6.07) is 0. The normalized spacial score (nSPS) is 26.2. The third kappa shape index (κ3) is 2.85. The van der Waals surface area contributed by atoms with Crippen molar-refractivity contribution in [3.8, 4) is 0 Å². The van der Waals surface area contributed by atoms with Gasteiger partial charge in [0.1, 0.15) is 0 Å². The third-order valence-corrected chi connectivity index (χ3v) is 2.81. The second kappa shape index (κ2) is 5.01. The molecule has 1 saturated heterocycles. The molecule has 2 atom stereocenters. The molecule has 1 aliphatic heterocycles. The number of rotatable bonds is 3. The van der Waals surface area contributed by atoms with E-state index < -0.39 is 24.6 Å². The minimum Gasteiger partial charge on any atom is -0.396 e. The predicted octanol–water partition coefficient (Wildman–Crippen LogP) is -0.0356. The van der Waals surface area contributed by atoms with E-state index in [0.717, 1.165) is 4.90 Å². The van der Waals surface area contributed by atoms with Crippen molar-refractivity contribution in [3.05, 3.63) is 0 Å². The number of nitrogens with two attached hydrogens (primary N) is 1. The molecule has 0 aromatic heterocycles. The van der Waals surface area contributed by atoms with Gasteiger partial charge >= 0.3 is 6.18 Å². The molecule has 0 spiro atoms. The molecule has 0 radical (unpaired) electrons. The minimum absolute atomic E-state index is 0.0422. The average Bonchev–Trinajstić information content (AvgIpc) is 2.61. The van der Waals surface area contributed by atoms with Gasteiger partial charge in [0, 0.05) is 38.6 Å². The van der Waals surface area contributed by atoms with Crippen LogP contribution < -0.4 is 5.73 Å². The number of carbonyl (C=O) groups is 1. The monoisotopic (exact) mass is 240 g/mol. The number of hydrogen-bond donors (Lipinski definition) is 2. The molecule has 3 N–H and O–H groups in total. The van der Waals surface area contributed by atoms with E-state index in [1.165, 1.54) is 0 Å². The molecule has 0 bridgehead atoms. The highest BCUT2D eigenvalue weighted by Crippen LogP contribution is 2.37. The Balaban J connectivity index is 2.67. The number of likely N-dealkylation sites (tertiary alicyclic amines) is 1. The first kappa shape index (κ1) is 13.2. The van der Waals surface area contributed by atoms with Gasteiger partial charge in [0.25, 0.3) is 0 Å². The van der Waals surface area contributed by atoms with Crippen molar-refractivity contribution in [3.63, 3.8) is 0 Å². The summed E-state index contributed by atoms with van der Waals surface area (Å²) in [6.07, 6.45) is -4.33. The van der Waals surface area contributed by atoms with Gasteiger partial charge < -0.3 is 15.7 Å². The Morgan fingerprint density at radius 1 is 1.44 bits per heavy atom. The summed E-state index contributed by atoms with van der Waals surface area (Å²) in [5.41, 5.74) is 5.17. The Labute approximate surface area is 91.2 Å². The number of aliphatic hydroxyl groups is 1. The van der Waals surface area contributed by atoms with E-state index in [0.29, 0.717) is 0 Å². The lowest BCUT2D eigenvalue weighted by Gasteiger charge is -2.19. The highest BCUT2D eigenvalue weighted by atomic mass is 19.4. The maximum Gasteiger partial charge on any atom is 0.393 e. The SMILES string of the molecule is NCCC(=O)N1C[C@@H](CO)[C@H](C(F)(F)F)C1. The average molecular weight is 240 g/mol. The summed E-state index contributed by atoms with van der Waals surface area (Å²) in [5, 5.41) is 8.87. The van der Waals surface area contributed by atoms with Crippen molar-refractivity contribution in [1.82, 2.24) is 4.90 Å². The van der Waals surface area contributed by atoms with Crippen LogP contribution in [0.2, 0.25) is 0 Å². The molecule has 1 rings (SSSR count). The van der Waals surface area contributed by atoms with Crippen LogP contribution in [-0.2, 0) is 4.79 Å². The van der Waals surface area contributed by atoms with Crippen LogP contribution >= 0.6 is 0 Å². The summed E-state index contributed by atoms with van der Waals surface area (Å²) in [7, 11) is 0. The zero-order valence-corrected chi connectivity index (χ0v) is 8.70. The molecular weight excluding hydrogens is 225 g/mol. The fraction of sp³-hybridized carbons (Fsp3) is 0.889. The van der Waals surface area contributed by atoms with Crippen LogP contribution in [0.4, 0.5) is 13.2 Å². The molecule has 0 aromatic carbocycles. The van der Waals surface area contributed by atoms with Gasteiger partial charge in [0.2, 0.25) is 5.91 Å². The number of amides is 1. The van der Waals surface area contributed by atoms with Gasteiger partial charge in [0.15, 0.2) is 0 Å². The fourth-order valence-electron chi connectivity index (χ4n) is 1.91. The summed E-state index contributed by atoms with van der Waals surface area (Å²) in [5.74, 6) is -2.92. The van der Waals surface area contributed by atoms with E-state index in [4.69, 9.17) is 10.8 Å². The van der Waals surface area contributed by atoms with Crippen molar-refractivity contribution in [2.24, 2.45) is 17.6 Å². The fourth-order valence-corrected chi connectivity index (χ4v) is 1.91. The number of aliphatic hydroxyl groups excluding tert-OH is 1. The Morgan fingerprint density at radius 3 is 2.44 bits per heavy atom. The lowest BCUT2D eigenvalue weighted by atomic mass is 9.97. The first-order valence-corrected chi connectivity index (χ1v) is 5.05. The number of alkyl halides is 3. The van der Waals surface area contributed by atoms with E-state index in [-0.39, 0.29) is 32.0 Å². The van der Waals surface area contributed by atoms with Crippen LogP contribution in [0.25, 0.3) is 0 Å². The van der Waals surface area contributed by atoms with Crippen LogP contribution in [0, 0.1) is 11.8 Å². The molecule has 94 valence electrons. The van der Waals surface area contributed by atoms with Crippen LogP contribution in [-0.4, -0.2) is 48.3 Å². The Bertz CT molecular complexity index is 258. The van der Waals surface area contributed by atoms with E-state index in [1.54, 1.807) is 0 Å². The second-order valence-corrected chi connectivity index (χ2v) is 3.93. The van der Waals surface area contributed by atoms with Crippen LogP contribution in [0.5, 0.6) is 0 Å². The zero-order chi connectivity index (χ0) is 12.3. The molecule has 16 heavy (non-hydrogen) atoms. The smallest absolute Gasteiger partial charge is 0.393 e. The summed E-state index contributed by atoms with van der Waals surface area (Å²) in [6.45, 7) is -0.848. The molecule has 0 aromatic rings. The largest absolute Gasteiger partial charge is 0.396 e. The molecule has 0 unspecified atom stereocenters. The minimum atomic E-state index is -4.37. The van der Waals surface area contributed by atoms with Crippen LogP contribution in [0.15, 0.2) is 0 Å². The standard InChI is InChI=1S/C9H15F3N2O2/c10-9(11,12)7-4-14(3-6(7)5-15)8(16)1-2-13/h6-7,15H,1-5,13H2/t6-,7+/m0/s1. The first-order valence-electron chi connectivity index (χ1n) is 5.05. The van der Waals surface area contributed by atoms with Crippen molar-refractivity contribution in [1.29, 1.82) is 0 Å². The molecule has 1 amide bonds. The van der Waals surface area contributed by atoms with Crippen molar-refractivity contribution in [2.75, 3.05) is 26.2 Å². The van der Waals surface area contributed by atoms with Gasteiger partial charge in [-0.3, -0.25) is 4.79 Å². The lowest BCUT2D eigenvalue weighted by Crippen LogP contribution is -2.33. The Kier molecular flexibility index (Phi) is 4.15. The Hall–Kier alpha value is -0.820. The number of halogens is 3. The number of hydrogen-bond acceptors (Lipinski definition) is 3. The molecule has 0 aliphatic carbocycles. The van der Waals surface area contributed by atoms with Gasteiger partial charge in [-0.05, 0) is 0 Å². The van der Waals surface area contributed by atoms with Gasteiger partial charge in [-0.2, -0.15) is 13.2 Å². The maximum absolute atomic E-state index is 12.5. The molecule has 4 nitrogen and oxygen atoms in total. The van der Waals surface area contributed by atoms with E-state index in [9.17, 15) is 18.0 Å². The predicted molar refractivity (Wildman–Crippen MR) is 50.4 cm³/mol. The van der Waals surface area contributed by atoms with Crippen LogP contribution in [0.1, 0.15) is 6.42 Å². The highest BCUT2D eigenvalue weighted by Gasteiger charge is 2.50. The molecule has 1 heterocycles. The number of nitrogens with zero attached hydrogens (tertiary/aromatic N) is 1. The molecule has 1 fully saturated rings. The van der Waals surface area contributed by atoms with Gasteiger partial charge in [-0.15, -0.1) is 0 Å².